The molecule has 0 aliphatic carbocycles. The molecular weight excluding hydrogens is 308 g/mol. The number of Topliss-reactive ketones (excluding diaryl/α,β-unsaturated/α-hetero) is 1. The van der Waals surface area contributed by atoms with Gasteiger partial charge in [-0.1, -0.05) is 36.4 Å². The number of carbonyl (C=O) groups excluding carboxylic acids is 2. The molecular formula is C15H13BrO3. The number of rotatable bonds is 4. The third-order valence-electron chi connectivity index (χ3n) is 2.98. The minimum Gasteiger partial charge on any atom is -0.463 e. The first-order valence-electron chi connectivity index (χ1n) is 5.90. The minimum absolute atomic E-state index is 0.156. The van der Waals surface area contributed by atoms with Gasteiger partial charge < -0.3 is 4.74 Å². The molecule has 0 aromatic heterocycles. The zero-order chi connectivity index (χ0) is 13.8. The molecule has 0 aliphatic rings. The van der Waals surface area contributed by atoms with Crippen LogP contribution in [0.3, 0.4) is 0 Å². The molecule has 2 rings (SSSR count). The summed E-state index contributed by atoms with van der Waals surface area (Å²) in [5.41, 5.74) is 1.01. The maximum atomic E-state index is 11.4. The summed E-state index contributed by atoms with van der Waals surface area (Å²) >= 11 is 3.56. The predicted octanol–water partition coefficient (Wildman–Crippen LogP) is 3.28. The van der Waals surface area contributed by atoms with Crippen LogP contribution in [0.15, 0.2) is 40.9 Å². The first-order chi connectivity index (χ1) is 9.13. The lowest BCUT2D eigenvalue weighted by molar-refractivity contribution is -0.151. The molecule has 0 saturated heterocycles. The molecule has 0 heterocycles. The molecule has 0 unspecified atom stereocenters. The Labute approximate surface area is 119 Å². The Balaban J connectivity index is 2.20. The van der Waals surface area contributed by atoms with E-state index in [0.29, 0.717) is 6.42 Å². The van der Waals surface area contributed by atoms with Gasteiger partial charge in [0.15, 0.2) is 0 Å². The second-order valence-corrected chi connectivity index (χ2v) is 4.97. The van der Waals surface area contributed by atoms with Crippen LogP contribution in [0.2, 0.25) is 0 Å². The highest BCUT2D eigenvalue weighted by Gasteiger charge is 2.14. The number of hydrogen-bond acceptors (Lipinski definition) is 3. The van der Waals surface area contributed by atoms with Crippen molar-refractivity contribution in [3.63, 3.8) is 0 Å². The summed E-state index contributed by atoms with van der Waals surface area (Å²) in [6.45, 7) is 0. The van der Waals surface area contributed by atoms with Gasteiger partial charge in [-0.3, -0.25) is 4.79 Å². The predicted molar refractivity (Wildman–Crippen MR) is 77.0 cm³/mol. The zero-order valence-electron chi connectivity index (χ0n) is 10.5. The molecule has 0 fully saturated rings. The minimum atomic E-state index is -0.781. The normalized spacial score (nSPS) is 10.4. The fourth-order valence-electron chi connectivity index (χ4n) is 1.94. The van der Waals surface area contributed by atoms with Crippen molar-refractivity contribution in [1.82, 2.24) is 0 Å². The highest BCUT2D eigenvalue weighted by molar-refractivity contribution is 9.10. The van der Waals surface area contributed by atoms with Crippen molar-refractivity contribution in [3.05, 3.63) is 46.4 Å². The standard InChI is InChI=1S/C15H13BrO3/c1-19-15(18)13(17)9-8-11-7-6-10-4-2-3-5-12(10)14(11)16/h2-7H,8-9H2,1H3. The summed E-state index contributed by atoms with van der Waals surface area (Å²) < 4.78 is 5.38. The molecule has 2 aromatic carbocycles. The van der Waals surface area contributed by atoms with Crippen LogP contribution in [-0.2, 0) is 20.7 Å². The summed E-state index contributed by atoms with van der Waals surface area (Å²) in [6, 6.07) is 12.0. The Morgan fingerprint density at radius 1 is 1.16 bits per heavy atom. The molecule has 0 spiro atoms. The first kappa shape index (κ1) is 13.7. The van der Waals surface area contributed by atoms with Crippen molar-refractivity contribution in [2.24, 2.45) is 0 Å². The van der Waals surface area contributed by atoms with Crippen molar-refractivity contribution >= 4 is 38.5 Å². The largest absolute Gasteiger partial charge is 0.463 e. The van der Waals surface area contributed by atoms with Gasteiger partial charge in [-0.2, -0.15) is 0 Å². The molecule has 4 heteroatoms. The van der Waals surface area contributed by atoms with Crippen LogP contribution in [0.1, 0.15) is 12.0 Å². The second-order valence-electron chi connectivity index (χ2n) is 4.17. The zero-order valence-corrected chi connectivity index (χ0v) is 12.1. The van der Waals surface area contributed by atoms with Gasteiger partial charge in [0, 0.05) is 10.9 Å². The molecule has 0 atom stereocenters. The third-order valence-corrected chi connectivity index (χ3v) is 3.91. The molecule has 98 valence electrons. The van der Waals surface area contributed by atoms with Crippen LogP contribution in [0.25, 0.3) is 10.8 Å². The van der Waals surface area contributed by atoms with Crippen molar-refractivity contribution in [1.29, 1.82) is 0 Å². The van der Waals surface area contributed by atoms with Gasteiger partial charge >= 0.3 is 5.97 Å². The fraction of sp³-hybridized carbons (Fsp3) is 0.200. The lowest BCUT2D eigenvalue weighted by atomic mass is 10.0. The molecule has 0 N–H and O–H groups in total. The number of carbonyl (C=O) groups is 2. The molecule has 0 radical (unpaired) electrons. The lowest BCUT2D eigenvalue weighted by Gasteiger charge is -2.07. The summed E-state index contributed by atoms with van der Waals surface area (Å²) in [5.74, 6) is -1.28. The van der Waals surface area contributed by atoms with E-state index in [1.807, 2.05) is 36.4 Å². The highest BCUT2D eigenvalue weighted by atomic mass is 79.9. The molecule has 0 amide bonds. The van der Waals surface area contributed by atoms with Gasteiger partial charge in [0.05, 0.1) is 7.11 Å². The van der Waals surface area contributed by atoms with Gasteiger partial charge in [0.2, 0.25) is 5.78 Å². The van der Waals surface area contributed by atoms with E-state index in [4.69, 9.17) is 0 Å². The topological polar surface area (TPSA) is 43.4 Å². The molecule has 19 heavy (non-hydrogen) atoms. The Morgan fingerprint density at radius 2 is 1.89 bits per heavy atom. The summed E-state index contributed by atoms with van der Waals surface area (Å²) in [4.78, 5) is 22.5. The van der Waals surface area contributed by atoms with Gasteiger partial charge in [-0.15, -0.1) is 0 Å². The van der Waals surface area contributed by atoms with Crippen LogP contribution in [0.5, 0.6) is 0 Å². The average Bonchev–Trinajstić information content (AvgIpc) is 2.45. The van der Waals surface area contributed by atoms with E-state index in [0.717, 1.165) is 20.8 Å². The number of ether oxygens (including phenoxy) is 1. The summed E-state index contributed by atoms with van der Waals surface area (Å²) in [7, 11) is 1.21. The highest BCUT2D eigenvalue weighted by Crippen LogP contribution is 2.28. The van der Waals surface area contributed by atoms with Crippen molar-refractivity contribution < 1.29 is 14.3 Å². The molecule has 0 bridgehead atoms. The second kappa shape index (κ2) is 5.97. The number of aryl methyl sites for hydroxylation is 1. The number of benzene rings is 2. The van der Waals surface area contributed by atoms with Crippen molar-refractivity contribution in [2.45, 2.75) is 12.8 Å². The monoisotopic (exact) mass is 320 g/mol. The SMILES string of the molecule is COC(=O)C(=O)CCc1ccc2ccccc2c1Br. The van der Waals surface area contributed by atoms with Gasteiger partial charge in [0.1, 0.15) is 0 Å². The number of hydrogen-bond donors (Lipinski definition) is 0. The van der Waals surface area contributed by atoms with E-state index in [9.17, 15) is 9.59 Å². The molecule has 0 saturated carbocycles. The smallest absolute Gasteiger partial charge is 0.374 e. The van der Waals surface area contributed by atoms with Crippen molar-refractivity contribution in [3.8, 4) is 0 Å². The number of methoxy groups -OCH3 is 1. The van der Waals surface area contributed by atoms with Crippen LogP contribution in [0, 0.1) is 0 Å². The molecule has 0 aliphatic heterocycles. The third kappa shape index (κ3) is 3.01. The van der Waals surface area contributed by atoms with Crippen molar-refractivity contribution in [2.75, 3.05) is 7.11 Å². The number of ketones is 1. The Bertz CT molecular complexity index is 634. The van der Waals surface area contributed by atoms with E-state index >= 15 is 0 Å². The molecule has 2 aromatic rings. The van der Waals surface area contributed by atoms with Crippen LogP contribution in [-0.4, -0.2) is 18.9 Å². The quantitative estimate of drug-likeness (QED) is 0.641. The fourth-order valence-corrected chi connectivity index (χ4v) is 2.63. The maximum absolute atomic E-state index is 11.4. The van der Waals surface area contributed by atoms with E-state index < -0.39 is 11.8 Å². The Kier molecular flexibility index (Phi) is 4.32. The van der Waals surface area contributed by atoms with Crippen LogP contribution >= 0.6 is 15.9 Å². The average molecular weight is 321 g/mol. The van der Waals surface area contributed by atoms with E-state index in [1.165, 1.54) is 7.11 Å². The number of esters is 1. The van der Waals surface area contributed by atoms with Gasteiger partial charge in [-0.05, 0) is 38.7 Å². The van der Waals surface area contributed by atoms with Crippen LogP contribution in [0.4, 0.5) is 0 Å². The van der Waals surface area contributed by atoms with Gasteiger partial charge in [0.25, 0.3) is 0 Å². The number of halogens is 1. The Hall–Kier alpha value is -1.68. The Morgan fingerprint density at radius 3 is 2.63 bits per heavy atom. The van der Waals surface area contributed by atoms with E-state index in [2.05, 4.69) is 20.7 Å². The lowest BCUT2D eigenvalue weighted by Crippen LogP contribution is -2.15. The maximum Gasteiger partial charge on any atom is 0.374 e. The number of fused-ring (bicyclic) bond motifs is 1. The summed E-state index contributed by atoms with van der Waals surface area (Å²) in [5, 5.41) is 2.24. The summed E-state index contributed by atoms with van der Waals surface area (Å²) in [6.07, 6.45) is 0.670. The van der Waals surface area contributed by atoms with E-state index in [-0.39, 0.29) is 6.42 Å². The molecule has 3 nitrogen and oxygen atoms in total. The van der Waals surface area contributed by atoms with Gasteiger partial charge in [-0.25, -0.2) is 4.79 Å². The first-order valence-corrected chi connectivity index (χ1v) is 6.70. The van der Waals surface area contributed by atoms with E-state index in [1.54, 1.807) is 0 Å². The van der Waals surface area contributed by atoms with Crippen LogP contribution < -0.4 is 0 Å².